The van der Waals surface area contributed by atoms with Gasteiger partial charge in [-0.1, -0.05) is 30.3 Å². The van der Waals surface area contributed by atoms with Gasteiger partial charge in [-0.25, -0.2) is 4.79 Å². The molecule has 0 heterocycles. The number of nitrogens with zero attached hydrogens (tertiary/aromatic N) is 1. The largest absolute Gasteiger partial charge is 0.458 e. The molecule has 3 atom stereocenters. The van der Waals surface area contributed by atoms with Crippen molar-refractivity contribution in [2.75, 3.05) is 0 Å². The number of benzene rings is 1. The predicted molar refractivity (Wildman–Crippen MR) is 80.0 cm³/mol. The van der Waals surface area contributed by atoms with Crippen LogP contribution in [0.4, 0.5) is 0 Å². The predicted octanol–water partition coefficient (Wildman–Crippen LogP) is 2.28. The number of carbonyl (C=O) groups is 1. The molecule has 0 unspecified atom stereocenters. The minimum Gasteiger partial charge on any atom is -0.458 e. The lowest BCUT2D eigenvalue weighted by atomic mass is 9.89. The van der Waals surface area contributed by atoms with Gasteiger partial charge in [0.2, 0.25) is 5.60 Å². The number of aliphatic hydroxyl groups is 1. The van der Waals surface area contributed by atoms with Crippen LogP contribution in [0.3, 0.4) is 0 Å². The molecule has 1 aromatic carbocycles. The first-order chi connectivity index (χ1) is 10.1. The van der Waals surface area contributed by atoms with Crippen LogP contribution >= 0.6 is 0 Å². The Labute approximate surface area is 129 Å². The van der Waals surface area contributed by atoms with E-state index in [9.17, 15) is 20.0 Å². The van der Waals surface area contributed by atoms with Gasteiger partial charge in [0.05, 0.1) is 5.92 Å². The second-order valence-corrected chi connectivity index (χ2v) is 6.71. The standard InChI is InChI=1S/C16H21NO5/c1-15(2,3)22-14(18)16(19)10-9-12(13(16)17(20)21)11-7-5-4-6-8-11/h4-8,12-13,19H,9-10H2,1-3H3/t12-,13-,16-/m0/s1. The quantitative estimate of drug-likeness (QED) is 0.525. The molecule has 0 radical (unpaired) electrons. The topological polar surface area (TPSA) is 89.7 Å². The van der Waals surface area contributed by atoms with Crippen LogP contribution in [0, 0.1) is 10.1 Å². The molecule has 6 nitrogen and oxygen atoms in total. The highest BCUT2D eigenvalue weighted by Gasteiger charge is 2.62. The zero-order chi connectivity index (χ0) is 16.5. The molecule has 0 amide bonds. The Hall–Kier alpha value is -1.95. The first-order valence-corrected chi connectivity index (χ1v) is 7.29. The maximum atomic E-state index is 12.3. The van der Waals surface area contributed by atoms with E-state index in [0.717, 1.165) is 5.56 Å². The summed E-state index contributed by atoms with van der Waals surface area (Å²) in [5.41, 5.74) is -2.14. The van der Waals surface area contributed by atoms with E-state index in [-0.39, 0.29) is 6.42 Å². The van der Waals surface area contributed by atoms with E-state index >= 15 is 0 Å². The van der Waals surface area contributed by atoms with Crippen molar-refractivity contribution in [2.45, 2.75) is 56.8 Å². The van der Waals surface area contributed by atoms with Crippen LogP contribution in [0.2, 0.25) is 0 Å². The summed E-state index contributed by atoms with van der Waals surface area (Å²) in [5.74, 6) is -1.42. The highest BCUT2D eigenvalue weighted by Crippen LogP contribution is 2.43. The van der Waals surface area contributed by atoms with Crippen LogP contribution in [-0.2, 0) is 9.53 Å². The van der Waals surface area contributed by atoms with E-state index in [4.69, 9.17) is 4.74 Å². The van der Waals surface area contributed by atoms with E-state index in [0.29, 0.717) is 6.42 Å². The van der Waals surface area contributed by atoms with Gasteiger partial charge in [-0.15, -0.1) is 0 Å². The van der Waals surface area contributed by atoms with Crippen LogP contribution in [0.1, 0.15) is 45.1 Å². The summed E-state index contributed by atoms with van der Waals surface area (Å²) in [6.07, 6.45) is 0.387. The van der Waals surface area contributed by atoms with Gasteiger partial charge in [0.1, 0.15) is 5.60 Å². The van der Waals surface area contributed by atoms with E-state index in [2.05, 4.69) is 0 Å². The molecule has 1 aromatic rings. The van der Waals surface area contributed by atoms with Crippen molar-refractivity contribution < 1.29 is 19.6 Å². The lowest BCUT2D eigenvalue weighted by Gasteiger charge is -2.28. The lowest BCUT2D eigenvalue weighted by Crippen LogP contribution is -2.53. The first-order valence-electron chi connectivity index (χ1n) is 7.29. The highest BCUT2D eigenvalue weighted by atomic mass is 16.6. The van der Waals surface area contributed by atoms with Gasteiger partial charge < -0.3 is 9.84 Å². The molecule has 120 valence electrons. The molecule has 0 aliphatic heterocycles. The fourth-order valence-electron chi connectivity index (χ4n) is 2.97. The van der Waals surface area contributed by atoms with E-state index in [1.807, 2.05) is 6.07 Å². The summed E-state index contributed by atoms with van der Waals surface area (Å²) >= 11 is 0. The maximum absolute atomic E-state index is 12.3. The smallest absolute Gasteiger partial charge is 0.346 e. The van der Waals surface area contributed by atoms with Gasteiger partial charge in [0.15, 0.2) is 0 Å². The van der Waals surface area contributed by atoms with Crippen molar-refractivity contribution in [3.05, 3.63) is 46.0 Å². The van der Waals surface area contributed by atoms with Gasteiger partial charge >= 0.3 is 5.97 Å². The Morgan fingerprint density at radius 3 is 2.45 bits per heavy atom. The molecular formula is C16H21NO5. The number of nitro groups is 1. The van der Waals surface area contributed by atoms with Crippen molar-refractivity contribution in [3.63, 3.8) is 0 Å². The summed E-state index contributed by atoms with van der Waals surface area (Å²) < 4.78 is 5.20. The summed E-state index contributed by atoms with van der Waals surface area (Å²) in [5, 5.41) is 22.2. The van der Waals surface area contributed by atoms with Gasteiger partial charge in [-0.3, -0.25) is 10.1 Å². The SMILES string of the molecule is CC(C)(C)OC(=O)[C@]1(O)CC[C@@H](c2ccccc2)[C@@H]1[N+](=O)[O-]. The van der Waals surface area contributed by atoms with E-state index in [1.54, 1.807) is 45.0 Å². The molecule has 1 fully saturated rings. The number of ether oxygens (including phenoxy) is 1. The molecule has 0 aromatic heterocycles. The van der Waals surface area contributed by atoms with Crippen molar-refractivity contribution in [1.82, 2.24) is 0 Å². The second kappa shape index (κ2) is 5.68. The zero-order valence-corrected chi connectivity index (χ0v) is 13.0. The van der Waals surface area contributed by atoms with Crippen molar-refractivity contribution in [3.8, 4) is 0 Å². The molecule has 1 aliphatic carbocycles. The van der Waals surface area contributed by atoms with Crippen LogP contribution in [-0.4, -0.2) is 33.2 Å². The summed E-state index contributed by atoms with van der Waals surface area (Å²) in [4.78, 5) is 23.2. The minimum absolute atomic E-state index is 0.0210. The lowest BCUT2D eigenvalue weighted by molar-refractivity contribution is -0.541. The van der Waals surface area contributed by atoms with Crippen molar-refractivity contribution in [2.24, 2.45) is 0 Å². The normalized spacial score (nSPS) is 28.4. The van der Waals surface area contributed by atoms with Crippen LogP contribution in [0.15, 0.2) is 30.3 Å². The van der Waals surface area contributed by atoms with Crippen molar-refractivity contribution >= 4 is 5.97 Å². The second-order valence-electron chi connectivity index (χ2n) is 6.71. The molecule has 22 heavy (non-hydrogen) atoms. The Balaban J connectivity index is 2.33. The molecule has 6 heteroatoms. The average molecular weight is 307 g/mol. The van der Waals surface area contributed by atoms with E-state index in [1.165, 1.54) is 0 Å². The van der Waals surface area contributed by atoms with Gasteiger partial charge in [0, 0.05) is 4.92 Å². The maximum Gasteiger partial charge on any atom is 0.346 e. The Kier molecular flexibility index (Phi) is 4.24. The molecule has 1 saturated carbocycles. The molecule has 2 rings (SSSR count). The van der Waals surface area contributed by atoms with Crippen LogP contribution in [0.25, 0.3) is 0 Å². The monoisotopic (exact) mass is 307 g/mol. The first kappa shape index (κ1) is 16.4. The highest BCUT2D eigenvalue weighted by molar-refractivity contribution is 5.81. The molecule has 0 bridgehead atoms. The number of hydrogen-bond acceptors (Lipinski definition) is 5. The van der Waals surface area contributed by atoms with Crippen molar-refractivity contribution in [1.29, 1.82) is 0 Å². The Morgan fingerprint density at radius 1 is 1.36 bits per heavy atom. The summed E-state index contributed by atoms with van der Waals surface area (Å²) in [6, 6.07) is 7.56. The molecule has 0 saturated heterocycles. The zero-order valence-electron chi connectivity index (χ0n) is 13.0. The third kappa shape index (κ3) is 3.11. The fraction of sp³-hybridized carbons (Fsp3) is 0.562. The van der Waals surface area contributed by atoms with Crippen LogP contribution < -0.4 is 0 Å². The molecule has 1 N–H and O–H groups in total. The number of hydrogen-bond donors (Lipinski definition) is 1. The van der Waals surface area contributed by atoms with Gasteiger partial charge in [0.25, 0.3) is 6.04 Å². The number of esters is 1. The summed E-state index contributed by atoms with van der Waals surface area (Å²) in [6.45, 7) is 5.00. The molecule has 1 aliphatic rings. The minimum atomic E-state index is -2.09. The Morgan fingerprint density at radius 2 is 1.95 bits per heavy atom. The van der Waals surface area contributed by atoms with E-state index < -0.39 is 34.1 Å². The Bertz CT molecular complexity index is 566. The fourth-order valence-corrected chi connectivity index (χ4v) is 2.97. The van der Waals surface area contributed by atoms with Gasteiger partial charge in [-0.05, 0) is 39.2 Å². The molecule has 0 spiro atoms. The van der Waals surface area contributed by atoms with Crippen LogP contribution in [0.5, 0.6) is 0 Å². The third-order valence-corrected chi connectivity index (χ3v) is 3.91. The summed E-state index contributed by atoms with van der Waals surface area (Å²) in [7, 11) is 0. The number of rotatable bonds is 3. The third-order valence-electron chi connectivity index (χ3n) is 3.91. The van der Waals surface area contributed by atoms with Gasteiger partial charge in [-0.2, -0.15) is 0 Å². The number of carbonyl (C=O) groups excluding carboxylic acids is 1. The molecular weight excluding hydrogens is 286 g/mol. The average Bonchev–Trinajstić information content (AvgIpc) is 2.77.